The molecule has 9 atom stereocenters. The lowest BCUT2D eigenvalue weighted by atomic mass is 9.72. The SMILES string of the molecule is C/C(=C\c1coc(C)n1)[C@H]1CC2OC2(C(F)(F)F)CC2CC2[C@H](C)[C@H](O)[C@@H](C)C(=O)C(C)(C)[C@@H](O)CC(=O)O1. The molecule has 39 heavy (non-hydrogen) atoms. The van der Waals surface area contributed by atoms with Gasteiger partial charge in [-0.2, -0.15) is 13.2 Å². The third-order valence-electron chi connectivity index (χ3n) is 9.03. The summed E-state index contributed by atoms with van der Waals surface area (Å²) in [7, 11) is 0. The van der Waals surface area contributed by atoms with Crippen LogP contribution in [0.3, 0.4) is 0 Å². The first-order chi connectivity index (χ1) is 18.0. The molecule has 218 valence electrons. The molecule has 2 N–H and O–H groups in total. The molecule has 3 aliphatic rings. The second-order valence-electron chi connectivity index (χ2n) is 12.2. The number of ether oxygens (including phenoxy) is 2. The monoisotopic (exact) mass is 557 g/mol. The Morgan fingerprint density at radius 1 is 1.18 bits per heavy atom. The van der Waals surface area contributed by atoms with E-state index >= 15 is 0 Å². The van der Waals surface area contributed by atoms with Crippen molar-refractivity contribution in [3.05, 3.63) is 23.4 Å². The van der Waals surface area contributed by atoms with Crippen molar-refractivity contribution in [2.24, 2.45) is 29.1 Å². The van der Waals surface area contributed by atoms with Crippen LogP contribution in [0.5, 0.6) is 0 Å². The van der Waals surface area contributed by atoms with Crippen molar-refractivity contribution in [1.82, 2.24) is 4.98 Å². The smallest absolute Gasteiger partial charge is 0.420 e. The zero-order valence-electron chi connectivity index (χ0n) is 23.1. The van der Waals surface area contributed by atoms with E-state index in [-0.39, 0.29) is 24.7 Å². The molecule has 1 aromatic rings. The van der Waals surface area contributed by atoms with Crippen molar-refractivity contribution in [2.45, 2.75) is 103 Å². The van der Waals surface area contributed by atoms with E-state index < -0.39 is 71.6 Å². The Labute approximate surface area is 225 Å². The molecular formula is C28H38F3NO7. The quantitative estimate of drug-likeness (QED) is 0.405. The van der Waals surface area contributed by atoms with E-state index in [1.807, 2.05) is 0 Å². The topological polar surface area (TPSA) is 122 Å². The van der Waals surface area contributed by atoms with Gasteiger partial charge in [-0.15, -0.1) is 0 Å². The van der Waals surface area contributed by atoms with Crippen LogP contribution in [0, 0.1) is 36.0 Å². The van der Waals surface area contributed by atoms with Crippen molar-refractivity contribution in [3.8, 4) is 0 Å². The number of aromatic nitrogens is 1. The van der Waals surface area contributed by atoms with Gasteiger partial charge in [0.25, 0.3) is 0 Å². The van der Waals surface area contributed by atoms with Gasteiger partial charge in [-0.25, -0.2) is 4.98 Å². The number of cyclic esters (lactones) is 1. The zero-order valence-corrected chi connectivity index (χ0v) is 23.1. The normalized spacial score (nSPS) is 39.9. The number of nitrogens with zero attached hydrogens (tertiary/aromatic N) is 1. The third kappa shape index (κ3) is 5.81. The molecule has 8 nitrogen and oxygen atoms in total. The number of alkyl halides is 3. The largest absolute Gasteiger partial charge is 0.458 e. The number of Topliss-reactive ketones (excluding diaryl/α,β-unsaturated/α-hetero) is 1. The number of hydrogen-bond acceptors (Lipinski definition) is 8. The molecule has 0 amide bonds. The van der Waals surface area contributed by atoms with Crippen molar-refractivity contribution in [1.29, 1.82) is 0 Å². The van der Waals surface area contributed by atoms with E-state index in [2.05, 4.69) is 4.98 Å². The number of aryl methyl sites for hydroxylation is 1. The molecule has 2 aliphatic heterocycles. The Balaban J connectivity index is 1.67. The van der Waals surface area contributed by atoms with E-state index in [0.717, 1.165) is 0 Å². The molecule has 3 fully saturated rings. The van der Waals surface area contributed by atoms with Crippen molar-refractivity contribution < 1.29 is 46.9 Å². The average molecular weight is 558 g/mol. The number of oxazole rings is 1. The summed E-state index contributed by atoms with van der Waals surface area (Å²) in [6, 6.07) is 0. The first-order valence-corrected chi connectivity index (χ1v) is 13.4. The summed E-state index contributed by atoms with van der Waals surface area (Å²) >= 11 is 0. The Morgan fingerprint density at radius 2 is 1.85 bits per heavy atom. The number of aliphatic hydroxyl groups is 2. The summed E-state index contributed by atoms with van der Waals surface area (Å²) in [4.78, 5) is 30.4. The molecule has 2 saturated heterocycles. The fourth-order valence-electron chi connectivity index (χ4n) is 6.07. The number of carbonyl (C=O) groups is 2. The molecule has 4 unspecified atom stereocenters. The van der Waals surface area contributed by atoms with Crippen LogP contribution in [-0.4, -0.2) is 63.1 Å². The minimum Gasteiger partial charge on any atom is -0.458 e. The fraction of sp³-hybridized carbons (Fsp3) is 0.750. The molecule has 0 aromatic carbocycles. The van der Waals surface area contributed by atoms with Gasteiger partial charge < -0.3 is 24.1 Å². The molecule has 3 heterocycles. The summed E-state index contributed by atoms with van der Waals surface area (Å²) in [5, 5.41) is 21.8. The average Bonchev–Trinajstić information content (AvgIpc) is 3.72. The highest BCUT2D eigenvalue weighted by atomic mass is 19.4. The first kappa shape index (κ1) is 29.7. The second kappa shape index (κ2) is 10.3. The van der Waals surface area contributed by atoms with Gasteiger partial charge in [0.1, 0.15) is 29.9 Å². The van der Waals surface area contributed by atoms with Gasteiger partial charge in [0, 0.05) is 19.3 Å². The maximum absolute atomic E-state index is 14.3. The minimum atomic E-state index is -4.64. The number of hydrogen-bond donors (Lipinski definition) is 2. The number of carbonyl (C=O) groups excluding carboxylic acids is 2. The Morgan fingerprint density at radius 3 is 2.44 bits per heavy atom. The van der Waals surface area contributed by atoms with E-state index in [9.17, 15) is 33.0 Å². The zero-order chi connectivity index (χ0) is 29.1. The van der Waals surface area contributed by atoms with E-state index in [1.165, 1.54) is 20.1 Å². The Kier molecular flexibility index (Phi) is 7.86. The lowest BCUT2D eigenvalue weighted by Crippen LogP contribution is -2.46. The van der Waals surface area contributed by atoms with Crippen LogP contribution >= 0.6 is 0 Å². The van der Waals surface area contributed by atoms with Crippen LogP contribution in [0.1, 0.15) is 71.9 Å². The number of rotatable bonds is 2. The van der Waals surface area contributed by atoms with Gasteiger partial charge >= 0.3 is 12.1 Å². The maximum Gasteiger partial charge on any atom is 0.420 e. The number of esters is 1. The molecule has 4 rings (SSSR count). The molecule has 0 spiro atoms. The first-order valence-electron chi connectivity index (χ1n) is 13.4. The van der Waals surface area contributed by atoms with Gasteiger partial charge in [0.15, 0.2) is 11.5 Å². The summed E-state index contributed by atoms with van der Waals surface area (Å²) < 4.78 is 59.2. The molecule has 1 aliphatic carbocycles. The number of fused-ring (bicyclic) bond motifs is 2. The molecule has 11 heteroatoms. The summed E-state index contributed by atoms with van der Waals surface area (Å²) in [6.07, 6.45) is -7.11. The van der Waals surface area contributed by atoms with Crippen molar-refractivity contribution in [3.63, 3.8) is 0 Å². The highest BCUT2D eigenvalue weighted by molar-refractivity contribution is 5.88. The lowest BCUT2D eigenvalue weighted by molar-refractivity contribution is -0.187. The minimum absolute atomic E-state index is 0.189. The molecular weight excluding hydrogens is 519 g/mol. The number of epoxide rings is 1. The molecule has 1 aromatic heterocycles. The van der Waals surface area contributed by atoms with E-state index in [0.29, 0.717) is 23.6 Å². The van der Waals surface area contributed by atoms with Crippen LogP contribution in [-0.2, 0) is 19.1 Å². The van der Waals surface area contributed by atoms with Gasteiger partial charge in [-0.05, 0) is 49.2 Å². The van der Waals surface area contributed by atoms with Gasteiger partial charge in [0.2, 0.25) is 0 Å². The second-order valence-corrected chi connectivity index (χ2v) is 12.2. The van der Waals surface area contributed by atoms with Crippen LogP contribution in [0.2, 0.25) is 0 Å². The molecule has 0 bridgehead atoms. The fourth-order valence-corrected chi connectivity index (χ4v) is 6.07. The molecule has 1 saturated carbocycles. The predicted octanol–water partition coefficient (Wildman–Crippen LogP) is 4.41. The highest BCUT2D eigenvalue weighted by Gasteiger charge is 2.74. The van der Waals surface area contributed by atoms with Gasteiger partial charge in [-0.3, -0.25) is 9.59 Å². The van der Waals surface area contributed by atoms with Crippen molar-refractivity contribution >= 4 is 17.8 Å². The predicted molar refractivity (Wildman–Crippen MR) is 133 cm³/mol. The van der Waals surface area contributed by atoms with Crippen LogP contribution in [0.25, 0.3) is 6.08 Å². The van der Waals surface area contributed by atoms with E-state index in [1.54, 1.807) is 33.8 Å². The molecule has 0 radical (unpaired) electrons. The van der Waals surface area contributed by atoms with Crippen LogP contribution in [0.15, 0.2) is 16.3 Å². The summed E-state index contributed by atoms with van der Waals surface area (Å²) in [6.45, 7) is 9.56. The maximum atomic E-state index is 14.3. The number of halogens is 3. The van der Waals surface area contributed by atoms with Gasteiger partial charge in [0.05, 0.1) is 24.0 Å². The van der Waals surface area contributed by atoms with E-state index in [4.69, 9.17) is 13.9 Å². The number of aliphatic hydroxyl groups excluding tert-OH is 2. The van der Waals surface area contributed by atoms with Crippen molar-refractivity contribution in [2.75, 3.05) is 0 Å². The summed E-state index contributed by atoms with van der Waals surface area (Å²) in [5.41, 5.74) is -2.89. The van der Waals surface area contributed by atoms with Crippen LogP contribution in [0.4, 0.5) is 13.2 Å². The summed E-state index contributed by atoms with van der Waals surface area (Å²) in [5.74, 6) is -2.74. The highest BCUT2D eigenvalue weighted by Crippen LogP contribution is 2.61. The third-order valence-corrected chi connectivity index (χ3v) is 9.03. The Bertz CT molecular complexity index is 1130. The number of ketones is 1. The van der Waals surface area contributed by atoms with Crippen LogP contribution < -0.4 is 0 Å². The van der Waals surface area contributed by atoms with Gasteiger partial charge in [-0.1, -0.05) is 27.7 Å². The Hall–Kier alpha value is -2.24. The lowest BCUT2D eigenvalue weighted by Gasteiger charge is -2.34. The standard InChI is InChI=1S/C28H38F3NO7/c1-13(7-18-12-37-16(4)32-18)20-9-22-27(39-22,28(29,30)31)11-17-8-19(17)14(2)24(35)15(3)25(36)26(5,6)21(33)10-23(34)38-20/h7,12,14-15,17,19-22,24,33,35H,8-11H2,1-6H3/b13-7+/t14-,15+,17?,19?,20+,21-,22?,24-,27?/m0/s1.